The summed E-state index contributed by atoms with van der Waals surface area (Å²) < 4.78 is 78.0. The van der Waals surface area contributed by atoms with Gasteiger partial charge in [0.1, 0.15) is 11.7 Å². The first-order chi connectivity index (χ1) is 17.4. The fraction of sp³-hybridized carbons (Fsp3) is 0.875. The van der Waals surface area contributed by atoms with E-state index >= 15 is 0 Å². The van der Waals surface area contributed by atoms with E-state index in [1.54, 1.807) is 0 Å². The summed E-state index contributed by atoms with van der Waals surface area (Å²) in [6.45, 7) is 0.347. The molecule has 1 heterocycles. The molecule has 0 radical (unpaired) electrons. The summed E-state index contributed by atoms with van der Waals surface area (Å²) in [5.74, 6) is -2.02. The number of halogens is 2. The Balaban J connectivity index is 1.45. The Hall–Kier alpha value is -1.86. The molecule has 37 heavy (non-hydrogen) atoms. The number of esters is 3. The standard InChI is InChI=1S/C24H36F2O10S/c1-16(24(25,26)37(30,31)32)33-14-8-11-20(27)34-18-15-19(35-21(18)28)22(29)36-23(12-6-3-7-13-23)17-9-4-2-5-10-17/h16-19H,2-15H2,1H3,(H,30,31,32). The van der Waals surface area contributed by atoms with Gasteiger partial charge in [0.25, 0.3) is 0 Å². The summed E-state index contributed by atoms with van der Waals surface area (Å²) in [4.78, 5) is 37.3. The van der Waals surface area contributed by atoms with Crippen molar-refractivity contribution in [2.75, 3.05) is 6.61 Å². The maximum absolute atomic E-state index is 13.5. The van der Waals surface area contributed by atoms with Crippen LogP contribution in [-0.2, 0) is 43.4 Å². The molecule has 0 bridgehead atoms. The Kier molecular flexibility index (Phi) is 9.90. The van der Waals surface area contributed by atoms with Gasteiger partial charge in [-0.2, -0.15) is 17.2 Å². The van der Waals surface area contributed by atoms with Gasteiger partial charge in [-0.3, -0.25) is 9.35 Å². The smallest absolute Gasteiger partial charge is 0.394 e. The Morgan fingerprint density at radius 2 is 1.76 bits per heavy atom. The van der Waals surface area contributed by atoms with Crippen molar-refractivity contribution < 1.29 is 55.1 Å². The first-order valence-electron chi connectivity index (χ1n) is 12.9. The monoisotopic (exact) mass is 554 g/mol. The van der Waals surface area contributed by atoms with E-state index in [9.17, 15) is 31.6 Å². The van der Waals surface area contributed by atoms with Crippen molar-refractivity contribution in [1.82, 2.24) is 0 Å². The van der Waals surface area contributed by atoms with Crippen LogP contribution in [-0.4, -0.2) is 66.7 Å². The summed E-state index contributed by atoms with van der Waals surface area (Å²) in [7, 11) is -5.65. The lowest BCUT2D eigenvalue weighted by atomic mass is 9.69. The Bertz CT molecular complexity index is 926. The van der Waals surface area contributed by atoms with Crippen molar-refractivity contribution in [3.05, 3.63) is 0 Å². The third-order valence-electron chi connectivity index (χ3n) is 7.55. The average Bonchev–Trinajstić information content (AvgIpc) is 3.22. The van der Waals surface area contributed by atoms with E-state index in [0.717, 1.165) is 64.7 Å². The van der Waals surface area contributed by atoms with Gasteiger partial charge in [0.15, 0.2) is 0 Å². The number of carbonyl (C=O) groups excluding carboxylic acids is 3. The molecule has 3 fully saturated rings. The average molecular weight is 555 g/mol. The molecule has 212 valence electrons. The van der Waals surface area contributed by atoms with E-state index in [1.807, 2.05) is 0 Å². The number of ether oxygens (including phenoxy) is 4. The van der Waals surface area contributed by atoms with E-state index in [-0.39, 0.29) is 19.3 Å². The Labute approximate surface area is 215 Å². The number of cyclic esters (lactones) is 1. The van der Waals surface area contributed by atoms with Crippen molar-refractivity contribution in [3.8, 4) is 0 Å². The number of carbonyl (C=O) groups is 3. The second-order valence-corrected chi connectivity index (χ2v) is 11.7. The van der Waals surface area contributed by atoms with E-state index in [1.165, 1.54) is 6.42 Å². The van der Waals surface area contributed by atoms with Gasteiger partial charge < -0.3 is 18.9 Å². The topological polar surface area (TPSA) is 142 Å². The number of hydrogen-bond acceptors (Lipinski definition) is 9. The van der Waals surface area contributed by atoms with E-state index < -0.39 is 63.8 Å². The van der Waals surface area contributed by atoms with Gasteiger partial charge in [0, 0.05) is 19.4 Å². The largest absolute Gasteiger partial charge is 0.456 e. The fourth-order valence-electron chi connectivity index (χ4n) is 5.44. The van der Waals surface area contributed by atoms with Crippen LogP contribution in [0.15, 0.2) is 0 Å². The minimum absolute atomic E-state index is 0.109. The lowest BCUT2D eigenvalue weighted by molar-refractivity contribution is -0.185. The maximum Gasteiger partial charge on any atom is 0.394 e. The summed E-state index contributed by atoms with van der Waals surface area (Å²) >= 11 is 0. The zero-order valence-electron chi connectivity index (χ0n) is 21.0. The van der Waals surface area contributed by atoms with Crippen molar-refractivity contribution in [2.45, 2.75) is 120 Å². The molecule has 3 atom stereocenters. The Morgan fingerprint density at radius 1 is 1.14 bits per heavy atom. The Morgan fingerprint density at radius 3 is 2.38 bits per heavy atom. The molecule has 0 aromatic rings. The van der Waals surface area contributed by atoms with Crippen molar-refractivity contribution in [3.63, 3.8) is 0 Å². The third kappa shape index (κ3) is 7.38. The minimum atomic E-state index is -5.65. The van der Waals surface area contributed by atoms with E-state index in [4.69, 9.17) is 23.5 Å². The number of hydrogen-bond donors (Lipinski definition) is 1. The molecule has 0 amide bonds. The molecule has 3 aliphatic rings. The zero-order valence-corrected chi connectivity index (χ0v) is 21.8. The van der Waals surface area contributed by atoms with Gasteiger partial charge in [0.2, 0.25) is 12.2 Å². The van der Waals surface area contributed by atoms with Crippen LogP contribution in [0.4, 0.5) is 8.78 Å². The lowest BCUT2D eigenvalue weighted by Gasteiger charge is -2.44. The van der Waals surface area contributed by atoms with Crippen molar-refractivity contribution in [2.24, 2.45) is 5.92 Å². The number of alkyl halides is 2. The molecule has 13 heteroatoms. The maximum atomic E-state index is 13.5. The van der Waals surface area contributed by atoms with Gasteiger partial charge in [-0.25, -0.2) is 9.59 Å². The van der Waals surface area contributed by atoms with Crippen LogP contribution in [0.5, 0.6) is 0 Å². The molecule has 2 saturated carbocycles. The molecule has 1 saturated heterocycles. The van der Waals surface area contributed by atoms with Gasteiger partial charge in [-0.05, 0) is 57.8 Å². The van der Waals surface area contributed by atoms with Crippen LogP contribution < -0.4 is 0 Å². The molecule has 10 nitrogen and oxygen atoms in total. The SMILES string of the molecule is CC(OCCCC(=O)OC1CC(C(=O)OC2(C3CCCCC3)CCCCC2)OC1=O)C(F)(F)S(=O)(=O)O. The van der Waals surface area contributed by atoms with Gasteiger partial charge in [-0.1, -0.05) is 25.7 Å². The second kappa shape index (κ2) is 12.3. The van der Waals surface area contributed by atoms with Crippen LogP contribution in [0.1, 0.15) is 90.4 Å². The highest BCUT2D eigenvalue weighted by molar-refractivity contribution is 7.86. The van der Waals surface area contributed by atoms with Gasteiger partial charge in [0.05, 0.1) is 0 Å². The van der Waals surface area contributed by atoms with Crippen molar-refractivity contribution >= 4 is 28.0 Å². The predicted molar refractivity (Wildman–Crippen MR) is 124 cm³/mol. The lowest BCUT2D eigenvalue weighted by Crippen LogP contribution is -2.47. The molecule has 3 rings (SSSR count). The summed E-state index contributed by atoms with van der Waals surface area (Å²) in [5, 5.41) is -4.50. The van der Waals surface area contributed by atoms with Crippen LogP contribution in [0.2, 0.25) is 0 Å². The highest BCUT2D eigenvalue weighted by Crippen LogP contribution is 2.44. The van der Waals surface area contributed by atoms with E-state index in [0.29, 0.717) is 5.92 Å². The molecule has 2 aliphatic carbocycles. The van der Waals surface area contributed by atoms with Gasteiger partial charge in [-0.15, -0.1) is 0 Å². The quantitative estimate of drug-likeness (QED) is 0.174. The molecule has 3 unspecified atom stereocenters. The molecule has 1 N–H and O–H groups in total. The van der Waals surface area contributed by atoms with E-state index in [2.05, 4.69) is 0 Å². The normalized spacial score (nSPS) is 25.8. The van der Waals surface area contributed by atoms with Gasteiger partial charge >= 0.3 is 33.3 Å². The highest BCUT2D eigenvalue weighted by atomic mass is 32.2. The van der Waals surface area contributed by atoms with Crippen LogP contribution in [0, 0.1) is 5.92 Å². The van der Waals surface area contributed by atoms with Crippen LogP contribution in [0.3, 0.4) is 0 Å². The first-order valence-corrected chi connectivity index (χ1v) is 14.4. The first kappa shape index (κ1) is 29.7. The minimum Gasteiger partial charge on any atom is -0.456 e. The summed E-state index contributed by atoms with van der Waals surface area (Å²) in [5.41, 5.74) is -0.541. The highest BCUT2D eigenvalue weighted by Gasteiger charge is 2.51. The molecule has 1 aliphatic heterocycles. The summed E-state index contributed by atoms with van der Waals surface area (Å²) in [6, 6.07) is 0. The zero-order chi connectivity index (χ0) is 27.3. The molecular formula is C24H36F2O10S. The van der Waals surface area contributed by atoms with Crippen LogP contribution >= 0.6 is 0 Å². The molecule has 0 aromatic carbocycles. The summed E-state index contributed by atoms with van der Waals surface area (Å²) in [6.07, 6.45) is 4.84. The predicted octanol–water partition coefficient (Wildman–Crippen LogP) is 3.71. The molecular weight excluding hydrogens is 518 g/mol. The molecule has 0 aromatic heterocycles. The van der Waals surface area contributed by atoms with Crippen LogP contribution in [0.25, 0.3) is 0 Å². The third-order valence-corrected chi connectivity index (χ3v) is 8.57. The molecule has 0 spiro atoms. The number of rotatable bonds is 11. The second-order valence-electron chi connectivity index (χ2n) is 10.2. The van der Waals surface area contributed by atoms with Crippen molar-refractivity contribution in [1.29, 1.82) is 0 Å². The fourth-order valence-corrected chi connectivity index (χ4v) is 5.92.